The molecular weight excluding hydrogens is 310 g/mol. The molecule has 2 heterocycles. The van der Waals surface area contributed by atoms with Crippen molar-refractivity contribution in [3.63, 3.8) is 0 Å². The Morgan fingerprint density at radius 1 is 1.30 bits per heavy atom. The summed E-state index contributed by atoms with van der Waals surface area (Å²) in [5.74, 6) is 0. The molecule has 1 fully saturated rings. The van der Waals surface area contributed by atoms with Gasteiger partial charge in [-0.15, -0.1) is 0 Å². The van der Waals surface area contributed by atoms with Gasteiger partial charge in [0.1, 0.15) is 0 Å². The quantitative estimate of drug-likeness (QED) is 0.882. The van der Waals surface area contributed by atoms with Crippen LogP contribution in [0.1, 0.15) is 25.3 Å². The predicted molar refractivity (Wildman–Crippen MR) is 92.9 cm³/mol. The first-order valence-electron chi connectivity index (χ1n) is 8.23. The summed E-state index contributed by atoms with van der Waals surface area (Å²) >= 11 is 6.05. The van der Waals surface area contributed by atoms with E-state index in [9.17, 15) is 0 Å². The average Bonchev–Trinajstić information content (AvgIpc) is 3.07. The fourth-order valence-corrected chi connectivity index (χ4v) is 3.38. The lowest BCUT2D eigenvalue weighted by Gasteiger charge is -2.39. The van der Waals surface area contributed by atoms with E-state index in [2.05, 4.69) is 29.5 Å². The zero-order valence-corrected chi connectivity index (χ0v) is 14.3. The highest BCUT2D eigenvalue weighted by Gasteiger charge is 2.34. The van der Waals surface area contributed by atoms with Gasteiger partial charge in [0.05, 0.1) is 6.54 Å². The third kappa shape index (κ3) is 4.14. The maximum atomic E-state index is 6.05. The number of hydrogen-bond acceptors (Lipinski definition) is 3. The third-order valence-electron chi connectivity index (χ3n) is 4.72. The summed E-state index contributed by atoms with van der Waals surface area (Å²) in [4.78, 5) is 0. The van der Waals surface area contributed by atoms with Crippen molar-refractivity contribution in [2.45, 2.75) is 37.8 Å². The Hall–Kier alpha value is -1.36. The van der Waals surface area contributed by atoms with Crippen LogP contribution in [-0.2, 0) is 16.7 Å². The molecule has 3 rings (SSSR count). The van der Waals surface area contributed by atoms with Crippen LogP contribution in [0.2, 0.25) is 5.02 Å². The molecule has 1 aromatic heterocycles. The Morgan fingerprint density at radius 2 is 2.04 bits per heavy atom. The molecule has 1 aliphatic heterocycles. The molecule has 5 heteroatoms. The van der Waals surface area contributed by atoms with Crippen molar-refractivity contribution in [2.24, 2.45) is 0 Å². The molecule has 1 aliphatic rings. The highest BCUT2D eigenvalue weighted by Crippen LogP contribution is 2.35. The highest BCUT2D eigenvalue weighted by atomic mass is 35.5. The molecule has 4 nitrogen and oxygen atoms in total. The molecule has 0 bridgehead atoms. The summed E-state index contributed by atoms with van der Waals surface area (Å²) in [6.07, 6.45) is 5.90. The zero-order valence-electron chi connectivity index (χ0n) is 13.5. The molecule has 0 saturated carbocycles. The van der Waals surface area contributed by atoms with Gasteiger partial charge in [-0.2, -0.15) is 5.10 Å². The van der Waals surface area contributed by atoms with Gasteiger partial charge in [-0.3, -0.25) is 4.68 Å². The van der Waals surface area contributed by atoms with Crippen LogP contribution in [0.25, 0.3) is 0 Å². The van der Waals surface area contributed by atoms with E-state index in [4.69, 9.17) is 16.3 Å². The number of ether oxygens (including phenoxy) is 1. The van der Waals surface area contributed by atoms with E-state index < -0.39 is 0 Å². The monoisotopic (exact) mass is 333 g/mol. The van der Waals surface area contributed by atoms with Crippen LogP contribution in [-0.4, -0.2) is 35.6 Å². The largest absolute Gasteiger partial charge is 0.381 e. The fraction of sp³-hybridized carbons (Fsp3) is 0.500. The molecule has 124 valence electrons. The number of halogens is 1. The van der Waals surface area contributed by atoms with Crippen LogP contribution in [0.3, 0.4) is 0 Å². The Kier molecular flexibility index (Phi) is 5.36. The van der Waals surface area contributed by atoms with Crippen LogP contribution < -0.4 is 5.32 Å². The summed E-state index contributed by atoms with van der Waals surface area (Å²) in [5.41, 5.74) is 1.48. The van der Waals surface area contributed by atoms with Crippen molar-refractivity contribution in [3.05, 3.63) is 53.3 Å². The van der Waals surface area contributed by atoms with E-state index in [0.717, 1.165) is 44.2 Å². The van der Waals surface area contributed by atoms with Gasteiger partial charge in [-0.25, -0.2) is 0 Å². The van der Waals surface area contributed by atoms with Crippen molar-refractivity contribution in [1.82, 2.24) is 15.1 Å². The maximum absolute atomic E-state index is 6.05. The average molecular weight is 334 g/mol. The van der Waals surface area contributed by atoms with Gasteiger partial charge >= 0.3 is 0 Å². The Morgan fingerprint density at radius 3 is 2.70 bits per heavy atom. The normalized spacial score (nSPS) is 18.7. The number of hydrogen-bond donors (Lipinski definition) is 1. The first kappa shape index (κ1) is 16.5. The predicted octanol–water partition coefficient (Wildman–Crippen LogP) is 3.26. The molecule has 23 heavy (non-hydrogen) atoms. The highest BCUT2D eigenvalue weighted by molar-refractivity contribution is 6.30. The van der Waals surface area contributed by atoms with Crippen LogP contribution in [0, 0.1) is 0 Å². The van der Waals surface area contributed by atoms with Crippen molar-refractivity contribution in [1.29, 1.82) is 0 Å². The number of rotatable bonds is 6. The van der Waals surface area contributed by atoms with Gasteiger partial charge in [0.2, 0.25) is 0 Å². The summed E-state index contributed by atoms with van der Waals surface area (Å²) in [6.45, 7) is 5.66. The minimum Gasteiger partial charge on any atom is -0.381 e. The van der Waals surface area contributed by atoms with Crippen LogP contribution >= 0.6 is 11.6 Å². The van der Waals surface area contributed by atoms with Crippen molar-refractivity contribution in [2.75, 3.05) is 19.8 Å². The second kappa shape index (κ2) is 7.47. The molecule has 0 spiro atoms. The van der Waals surface area contributed by atoms with Crippen LogP contribution in [0.5, 0.6) is 0 Å². The van der Waals surface area contributed by atoms with Crippen LogP contribution in [0.4, 0.5) is 0 Å². The van der Waals surface area contributed by atoms with Gasteiger partial charge in [0.25, 0.3) is 0 Å². The Bertz CT molecular complexity index is 591. The summed E-state index contributed by atoms with van der Waals surface area (Å²) < 4.78 is 7.56. The maximum Gasteiger partial charge on any atom is 0.0559 e. The molecule has 0 amide bonds. The molecule has 2 aromatic rings. The summed E-state index contributed by atoms with van der Waals surface area (Å²) in [6, 6.07) is 10.6. The minimum atomic E-state index is 0.126. The van der Waals surface area contributed by atoms with Crippen molar-refractivity contribution >= 4 is 11.6 Å². The van der Waals surface area contributed by atoms with E-state index in [1.54, 1.807) is 0 Å². The van der Waals surface area contributed by atoms with Gasteiger partial charge < -0.3 is 10.1 Å². The third-order valence-corrected chi connectivity index (χ3v) is 4.97. The SMILES string of the molecule is C[C@@H](Cn1cccn1)NCC1(c2ccc(Cl)cc2)CCOCC1. The van der Waals surface area contributed by atoms with Crippen LogP contribution in [0.15, 0.2) is 42.7 Å². The second-order valence-electron chi connectivity index (χ2n) is 6.41. The lowest BCUT2D eigenvalue weighted by Crippen LogP contribution is -2.46. The first-order valence-corrected chi connectivity index (χ1v) is 8.60. The topological polar surface area (TPSA) is 39.1 Å². The number of nitrogens with zero attached hydrogens (tertiary/aromatic N) is 2. The zero-order chi connectivity index (χ0) is 16.1. The molecule has 0 radical (unpaired) electrons. The van der Waals surface area contributed by atoms with E-state index in [1.165, 1.54) is 5.56 Å². The van der Waals surface area contributed by atoms with E-state index >= 15 is 0 Å². The van der Waals surface area contributed by atoms with E-state index in [0.29, 0.717) is 6.04 Å². The molecule has 1 N–H and O–H groups in total. The number of benzene rings is 1. The molecule has 0 unspecified atom stereocenters. The molecular formula is C18H24ClN3O. The fourth-order valence-electron chi connectivity index (χ4n) is 3.26. The van der Waals surface area contributed by atoms with Gasteiger partial charge in [-0.05, 0) is 43.5 Å². The lowest BCUT2D eigenvalue weighted by molar-refractivity contribution is 0.0488. The van der Waals surface area contributed by atoms with E-state index in [-0.39, 0.29) is 5.41 Å². The van der Waals surface area contributed by atoms with Crippen molar-refractivity contribution < 1.29 is 4.74 Å². The first-order chi connectivity index (χ1) is 11.2. The smallest absolute Gasteiger partial charge is 0.0559 e. The molecule has 0 aliphatic carbocycles. The van der Waals surface area contributed by atoms with Crippen molar-refractivity contribution in [3.8, 4) is 0 Å². The lowest BCUT2D eigenvalue weighted by atomic mass is 9.74. The Balaban J connectivity index is 1.68. The molecule has 1 atom stereocenters. The van der Waals surface area contributed by atoms with E-state index in [1.807, 2.05) is 35.3 Å². The molecule has 1 aromatic carbocycles. The number of aromatic nitrogens is 2. The second-order valence-corrected chi connectivity index (χ2v) is 6.85. The van der Waals surface area contributed by atoms with Gasteiger partial charge in [0.15, 0.2) is 0 Å². The Labute approximate surface area is 142 Å². The molecule has 1 saturated heterocycles. The standard InChI is InChI=1S/C18H24ClN3O/c1-15(13-22-10-2-9-21-22)20-14-18(7-11-23-12-8-18)16-3-5-17(19)6-4-16/h2-6,9-10,15,20H,7-8,11-14H2,1H3/t15-/m0/s1. The summed E-state index contributed by atoms with van der Waals surface area (Å²) in [7, 11) is 0. The number of nitrogens with one attached hydrogen (secondary N) is 1. The summed E-state index contributed by atoms with van der Waals surface area (Å²) in [5, 5.41) is 8.76. The minimum absolute atomic E-state index is 0.126. The van der Waals surface area contributed by atoms with Gasteiger partial charge in [0, 0.05) is 48.6 Å². The van der Waals surface area contributed by atoms with Gasteiger partial charge in [-0.1, -0.05) is 23.7 Å².